The van der Waals surface area contributed by atoms with Gasteiger partial charge in [-0.2, -0.15) is 9.98 Å². The van der Waals surface area contributed by atoms with E-state index in [1.165, 1.54) is 11.1 Å². The predicted molar refractivity (Wildman–Crippen MR) is 126 cm³/mol. The van der Waals surface area contributed by atoms with Crippen LogP contribution in [-0.2, 0) is 36.9 Å². The first-order chi connectivity index (χ1) is 14.4. The van der Waals surface area contributed by atoms with Crippen molar-refractivity contribution in [1.29, 1.82) is 0 Å². The molecule has 0 fully saturated rings. The Morgan fingerprint density at radius 2 is 0.875 bits per heavy atom. The third kappa shape index (κ3) is 16.3. The van der Waals surface area contributed by atoms with Gasteiger partial charge in [0.15, 0.2) is 11.9 Å². The van der Waals surface area contributed by atoms with Gasteiger partial charge >= 0.3 is 18.6 Å². The van der Waals surface area contributed by atoms with Crippen LogP contribution >= 0.6 is 0 Å². The molecule has 0 aliphatic rings. The molecule has 0 bridgehead atoms. The summed E-state index contributed by atoms with van der Waals surface area (Å²) in [6.45, 7) is 1.15. The molecule has 11 nitrogen and oxygen atoms in total. The number of hydrogen-bond acceptors (Lipinski definition) is 2. The Kier molecular flexibility index (Phi) is 17.5. The Labute approximate surface area is 200 Å². The molecule has 0 unspecified atom stereocenters. The molecular weight excluding hydrogens is 447 g/mol. The van der Waals surface area contributed by atoms with Gasteiger partial charge < -0.3 is 39.9 Å². The van der Waals surface area contributed by atoms with Crippen molar-refractivity contribution < 1.29 is 24.0 Å². The second kappa shape index (κ2) is 18.3. The number of nitrogens with two attached hydrogens (primary N) is 6. The first kappa shape index (κ1) is 30.7. The summed E-state index contributed by atoms with van der Waals surface area (Å²) >= 11 is 0. The van der Waals surface area contributed by atoms with Gasteiger partial charge in [0.05, 0.1) is 0 Å². The fourth-order valence-corrected chi connectivity index (χ4v) is 2.22. The van der Waals surface area contributed by atoms with Gasteiger partial charge in [-0.1, -0.05) is 60.7 Å². The first-order valence-corrected chi connectivity index (χ1v) is 9.23. The van der Waals surface area contributed by atoms with Crippen LogP contribution in [0.2, 0.25) is 0 Å². The molecule has 12 heteroatoms. The SMILES string of the molecule is NC(N)=NC(N)=NCCc1ccccc1.NC(N)=NC(N)=NCCc1ccccc1.[O-2].[V+4]. The van der Waals surface area contributed by atoms with Crippen molar-refractivity contribution in [3.05, 3.63) is 71.8 Å². The van der Waals surface area contributed by atoms with Crippen molar-refractivity contribution in [2.75, 3.05) is 13.1 Å². The molecule has 0 aliphatic heterocycles. The molecule has 32 heavy (non-hydrogen) atoms. The van der Waals surface area contributed by atoms with Crippen LogP contribution in [0.25, 0.3) is 0 Å². The molecular formula is C20H30N10OV+2. The van der Waals surface area contributed by atoms with Crippen molar-refractivity contribution in [3.8, 4) is 0 Å². The van der Waals surface area contributed by atoms with E-state index in [0.717, 1.165) is 12.8 Å². The average Bonchev–Trinajstić information content (AvgIpc) is 2.69. The van der Waals surface area contributed by atoms with Crippen LogP contribution in [-0.4, -0.2) is 36.9 Å². The first-order valence-electron chi connectivity index (χ1n) is 9.23. The molecule has 0 amide bonds. The zero-order chi connectivity index (χ0) is 22.2. The molecule has 12 N–H and O–H groups in total. The van der Waals surface area contributed by atoms with E-state index in [2.05, 4.69) is 20.0 Å². The standard InChI is InChI=1S/2C10H15N5.O.V/c2*11-9(12)15-10(13)14-7-6-8-4-2-1-3-5-8;;/h2*1-5H,6-7H2,(H6,11,12,13,14,15);;/q;;-2;+4. The average molecular weight is 477 g/mol. The van der Waals surface area contributed by atoms with Gasteiger partial charge in [0, 0.05) is 13.1 Å². The Morgan fingerprint density at radius 1 is 0.562 bits per heavy atom. The van der Waals surface area contributed by atoms with Gasteiger partial charge in [0.2, 0.25) is 11.9 Å². The molecule has 0 saturated heterocycles. The van der Waals surface area contributed by atoms with Gasteiger partial charge in [-0.05, 0) is 24.0 Å². The summed E-state index contributed by atoms with van der Waals surface area (Å²) in [4.78, 5) is 15.2. The summed E-state index contributed by atoms with van der Waals surface area (Å²) < 4.78 is 0. The fraction of sp³-hybridized carbons (Fsp3) is 0.200. The van der Waals surface area contributed by atoms with E-state index in [0.29, 0.717) is 13.1 Å². The Balaban J connectivity index is 0. The topological polar surface area (TPSA) is 234 Å². The maximum absolute atomic E-state index is 5.44. The molecule has 0 spiro atoms. The molecule has 2 aromatic rings. The number of benzene rings is 2. The number of aliphatic imine (C=N–C) groups is 4. The van der Waals surface area contributed by atoms with Gasteiger partial charge in [-0.25, -0.2) is 0 Å². The summed E-state index contributed by atoms with van der Waals surface area (Å²) in [5.41, 5.74) is 33.9. The van der Waals surface area contributed by atoms with Crippen LogP contribution in [0.4, 0.5) is 0 Å². The van der Waals surface area contributed by atoms with E-state index in [1.54, 1.807) is 0 Å². The molecule has 2 aromatic carbocycles. The number of nitrogens with zero attached hydrogens (tertiary/aromatic N) is 4. The van der Waals surface area contributed by atoms with Crippen molar-refractivity contribution in [2.24, 2.45) is 54.4 Å². The summed E-state index contributed by atoms with van der Waals surface area (Å²) in [5, 5.41) is 0. The molecule has 0 aromatic heterocycles. The van der Waals surface area contributed by atoms with Crippen LogP contribution in [0.3, 0.4) is 0 Å². The second-order valence-corrected chi connectivity index (χ2v) is 6.02. The predicted octanol–water partition coefficient (Wildman–Crippen LogP) is -0.487. The third-order valence-corrected chi connectivity index (χ3v) is 3.52. The van der Waals surface area contributed by atoms with Crippen LogP contribution in [0.1, 0.15) is 11.1 Å². The van der Waals surface area contributed by atoms with E-state index >= 15 is 0 Å². The van der Waals surface area contributed by atoms with Crippen LogP contribution in [0, 0.1) is 0 Å². The second-order valence-electron chi connectivity index (χ2n) is 6.02. The summed E-state index contributed by atoms with van der Waals surface area (Å²) in [7, 11) is 0. The van der Waals surface area contributed by atoms with Crippen molar-refractivity contribution in [2.45, 2.75) is 12.8 Å². The monoisotopic (exact) mass is 477 g/mol. The Morgan fingerprint density at radius 3 is 1.16 bits per heavy atom. The zero-order valence-electron chi connectivity index (χ0n) is 17.7. The minimum absolute atomic E-state index is 0. The Bertz CT molecular complexity index is 789. The van der Waals surface area contributed by atoms with Gasteiger partial charge in [-0.3, -0.25) is 9.98 Å². The molecule has 0 atom stereocenters. The molecule has 2 rings (SSSR count). The largest absolute Gasteiger partial charge is 4.00 e. The van der Waals surface area contributed by atoms with E-state index in [4.69, 9.17) is 34.4 Å². The number of hydrogen-bond donors (Lipinski definition) is 6. The molecule has 169 valence electrons. The van der Waals surface area contributed by atoms with Crippen molar-refractivity contribution >= 4 is 23.8 Å². The fourth-order valence-electron chi connectivity index (χ4n) is 2.22. The quantitative estimate of drug-likeness (QED) is 0.237. The minimum Gasteiger partial charge on any atom is -2.00 e. The summed E-state index contributed by atoms with van der Waals surface area (Å²) in [5.74, 6) is 0.0868. The van der Waals surface area contributed by atoms with Gasteiger partial charge in [0.1, 0.15) is 0 Å². The van der Waals surface area contributed by atoms with E-state index in [-0.39, 0.29) is 47.9 Å². The van der Waals surface area contributed by atoms with E-state index in [1.807, 2.05) is 60.7 Å². The number of rotatable bonds is 6. The van der Waals surface area contributed by atoms with E-state index < -0.39 is 0 Å². The van der Waals surface area contributed by atoms with Crippen LogP contribution in [0.15, 0.2) is 80.6 Å². The molecule has 0 heterocycles. The summed E-state index contributed by atoms with van der Waals surface area (Å²) in [6, 6.07) is 20.0. The van der Waals surface area contributed by atoms with Gasteiger partial charge in [-0.15, -0.1) is 0 Å². The Hall–Kier alpha value is -3.54. The zero-order valence-corrected chi connectivity index (χ0v) is 19.1. The molecule has 0 saturated carbocycles. The molecule has 1 radical (unpaired) electrons. The third-order valence-electron chi connectivity index (χ3n) is 3.52. The maximum Gasteiger partial charge on any atom is 4.00 e. The van der Waals surface area contributed by atoms with Crippen molar-refractivity contribution in [3.63, 3.8) is 0 Å². The molecule has 0 aliphatic carbocycles. The van der Waals surface area contributed by atoms with Crippen LogP contribution in [0.5, 0.6) is 0 Å². The van der Waals surface area contributed by atoms with Gasteiger partial charge in [0.25, 0.3) is 0 Å². The van der Waals surface area contributed by atoms with Crippen molar-refractivity contribution in [1.82, 2.24) is 0 Å². The van der Waals surface area contributed by atoms with E-state index in [9.17, 15) is 0 Å². The van der Waals surface area contributed by atoms with Crippen LogP contribution < -0.4 is 34.4 Å². The number of guanidine groups is 4. The summed E-state index contributed by atoms with van der Waals surface area (Å²) in [6.07, 6.45) is 1.64. The minimum atomic E-state index is -0.0732. The normalized spacial score (nSPS) is 10.4. The smallest absolute Gasteiger partial charge is 2.00 e. The maximum atomic E-state index is 5.44.